The van der Waals surface area contributed by atoms with E-state index in [1.54, 1.807) is 18.2 Å². The van der Waals surface area contributed by atoms with Crippen molar-refractivity contribution in [2.24, 2.45) is 5.41 Å². The monoisotopic (exact) mass is 621 g/mol. The van der Waals surface area contributed by atoms with E-state index in [1.165, 1.54) is 23.8 Å². The highest BCUT2D eigenvalue weighted by Crippen LogP contribution is 2.62. The van der Waals surface area contributed by atoms with Crippen LogP contribution < -0.4 is 20.9 Å². The van der Waals surface area contributed by atoms with Crippen molar-refractivity contribution >= 4 is 24.5 Å². The second-order valence-corrected chi connectivity index (χ2v) is 12.7. The number of carbonyl (C=O) groups excluding carboxylic acids is 1. The van der Waals surface area contributed by atoms with Crippen LogP contribution in [0.5, 0.6) is 5.75 Å². The summed E-state index contributed by atoms with van der Waals surface area (Å²) in [6, 6.07) is 21.9. The van der Waals surface area contributed by atoms with Gasteiger partial charge in [0.2, 0.25) is 0 Å². The highest BCUT2D eigenvalue weighted by molar-refractivity contribution is 7.52. The van der Waals surface area contributed by atoms with Gasteiger partial charge in [-0.25, -0.2) is 9.36 Å². The van der Waals surface area contributed by atoms with Crippen molar-refractivity contribution in [1.29, 1.82) is 0 Å². The van der Waals surface area contributed by atoms with E-state index in [4.69, 9.17) is 18.5 Å². The smallest absolute Gasteiger partial charge is 0.459 e. The highest BCUT2D eigenvalue weighted by atomic mass is 31.2. The zero-order valence-electron chi connectivity index (χ0n) is 23.8. The lowest BCUT2D eigenvalue weighted by molar-refractivity contribution is -0.146. The van der Waals surface area contributed by atoms with Gasteiger partial charge in [0, 0.05) is 23.1 Å². The van der Waals surface area contributed by atoms with Crippen molar-refractivity contribution in [2.45, 2.75) is 50.8 Å². The maximum Gasteiger partial charge on any atom is 0.459 e. The molecule has 1 aromatic heterocycles. The predicted molar refractivity (Wildman–Crippen MR) is 160 cm³/mol. The number of fused-ring (bicyclic) bond motifs is 1. The lowest BCUT2D eigenvalue weighted by Gasteiger charge is -2.25. The van der Waals surface area contributed by atoms with E-state index < -0.39 is 61.5 Å². The number of hydrogen-bond donors (Lipinski definition) is 3. The summed E-state index contributed by atoms with van der Waals surface area (Å²) in [7, 11) is -4.32. The van der Waals surface area contributed by atoms with Crippen molar-refractivity contribution in [3.63, 3.8) is 0 Å². The Bertz CT molecular complexity index is 1820. The maximum atomic E-state index is 14.3. The largest absolute Gasteiger partial charge is 0.460 e. The standard InChI is InChI=1S/C31H32N3O9P/c1-20(28(37)40-18-21-8-3-2-4-9-21)33-44(39,43-24-13-7-11-22-10-5-6-12-23(22)24)41-19-25-27(36)31(15-16-31)29(42-25)34-17-14-26(35)32-30(34)38/h2-14,17,20,25,27,29,36H,15-16,18-19H2,1H3,(H,33,39)(H,32,35,38)/t20-,25+,27+,29+,44?/m0/s1. The Morgan fingerprint density at radius 1 is 1.09 bits per heavy atom. The number of carbonyl (C=O) groups is 1. The molecular formula is C31H32N3O9P. The minimum atomic E-state index is -4.32. The van der Waals surface area contributed by atoms with Crippen LogP contribution >= 0.6 is 7.75 Å². The van der Waals surface area contributed by atoms with Crippen molar-refractivity contribution in [3.8, 4) is 5.75 Å². The van der Waals surface area contributed by atoms with Gasteiger partial charge in [-0.3, -0.25) is 23.7 Å². The molecule has 0 radical (unpaired) electrons. The molecule has 0 bridgehead atoms. The number of esters is 1. The summed E-state index contributed by atoms with van der Waals surface area (Å²) in [5.74, 6) is -0.418. The van der Waals surface area contributed by atoms with Crippen LogP contribution in [-0.2, 0) is 30.0 Å². The van der Waals surface area contributed by atoms with E-state index in [1.807, 2.05) is 54.6 Å². The number of nitrogens with one attached hydrogen (secondary N) is 2. The van der Waals surface area contributed by atoms with E-state index >= 15 is 0 Å². The number of benzene rings is 3. The van der Waals surface area contributed by atoms with Gasteiger partial charge in [0.05, 0.1) is 12.7 Å². The summed E-state index contributed by atoms with van der Waals surface area (Å²) in [5, 5.41) is 15.4. The van der Waals surface area contributed by atoms with E-state index in [2.05, 4.69) is 10.1 Å². The molecule has 1 spiro atoms. The van der Waals surface area contributed by atoms with Crippen LogP contribution in [0.2, 0.25) is 0 Å². The summed E-state index contributed by atoms with van der Waals surface area (Å²) in [6.45, 7) is 1.11. The highest BCUT2D eigenvalue weighted by Gasteiger charge is 2.64. The molecule has 5 atom stereocenters. The fraction of sp³-hybridized carbons (Fsp3) is 0.323. The number of ether oxygens (including phenoxy) is 2. The number of rotatable bonds is 11. The van der Waals surface area contributed by atoms with Gasteiger partial charge in [-0.1, -0.05) is 66.7 Å². The van der Waals surface area contributed by atoms with Gasteiger partial charge in [-0.15, -0.1) is 0 Å². The molecule has 0 amide bonds. The molecule has 6 rings (SSSR count). The number of hydrogen-bond acceptors (Lipinski definition) is 9. The lowest BCUT2D eigenvalue weighted by atomic mass is 9.96. The normalized spacial score (nSPS) is 22.4. The molecule has 3 N–H and O–H groups in total. The lowest BCUT2D eigenvalue weighted by Crippen LogP contribution is -2.37. The maximum absolute atomic E-state index is 14.3. The molecular weight excluding hydrogens is 589 g/mol. The van der Waals surface area contributed by atoms with Gasteiger partial charge in [0.1, 0.15) is 30.7 Å². The fourth-order valence-corrected chi connectivity index (χ4v) is 6.99. The molecule has 1 aliphatic carbocycles. The van der Waals surface area contributed by atoms with E-state index in [-0.39, 0.29) is 12.4 Å². The van der Waals surface area contributed by atoms with Crippen molar-refractivity contribution < 1.29 is 33.0 Å². The Morgan fingerprint density at radius 2 is 1.82 bits per heavy atom. The first-order valence-electron chi connectivity index (χ1n) is 14.2. The fourth-order valence-electron chi connectivity index (χ4n) is 5.47. The second-order valence-electron chi connectivity index (χ2n) is 11.0. The molecule has 2 fully saturated rings. The average Bonchev–Trinajstić information content (AvgIpc) is 3.78. The Morgan fingerprint density at radius 3 is 2.57 bits per heavy atom. The zero-order valence-corrected chi connectivity index (χ0v) is 24.7. The number of aliphatic hydroxyl groups is 1. The van der Waals surface area contributed by atoms with Crippen LogP contribution in [0.4, 0.5) is 0 Å². The Hall–Kier alpha value is -4.06. The molecule has 44 heavy (non-hydrogen) atoms. The summed E-state index contributed by atoms with van der Waals surface area (Å²) in [5.41, 5.74) is -1.20. The second kappa shape index (κ2) is 12.1. The van der Waals surface area contributed by atoms with E-state index in [0.29, 0.717) is 18.2 Å². The molecule has 3 aromatic carbocycles. The van der Waals surface area contributed by atoms with Gasteiger partial charge in [-0.2, -0.15) is 5.09 Å². The Labute approximate surface area is 252 Å². The molecule has 230 valence electrons. The number of aliphatic hydroxyl groups excluding tert-OH is 1. The van der Waals surface area contributed by atoms with Crippen molar-refractivity contribution in [1.82, 2.24) is 14.6 Å². The SMILES string of the molecule is C[C@H](NP(=O)(OC[C@H]1O[C@@H](n2ccc(=O)[nH]c2=O)C2(CC2)[C@@H]1O)Oc1cccc2ccccc12)C(=O)OCc1ccccc1. The average molecular weight is 622 g/mol. The van der Waals surface area contributed by atoms with Crippen LogP contribution in [0.1, 0.15) is 31.6 Å². The molecule has 1 aliphatic heterocycles. The molecule has 1 saturated carbocycles. The first-order valence-corrected chi connectivity index (χ1v) is 15.8. The van der Waals surface area contributed by atoms with Crippen LogP contribution in [0.3, 0.4) is 0 Å². The molecule has 1 unspecified atom stereocenters. The molecule has 2 aliphatic rings. The summed E-state index contributed by atoms with van der Waals surface area (Å²) in [4.78, 5) is 39.2. The first-order chi connectivity index (χ1) is 21.2. The van der Waals surface area contributed by atoms with Crippen molar-refractivity contribution in [3.05, 3.63) is 111 Å². The van der Waals surface area contributed by atoms with E-state index in [9.17, 15) is 24.1 Å². The molecule has 12 nitrogen and oxygen atoms in total. The minimum Gasteiger partial charge on any atom is -0.460 e. The number of H-pyrrole nitrogens is 1. The van der Waals surface area contributed by atoms with Crippen LogP contribution in [0.15, 0.2) is 94.6 Å². The zero-order chi connectivity index (χ0) is 30.9. The summed E-state index contributed by atoms with van der Waals surface area (Å²) < 4.78 is 38.9. The quantitative estimate of drug-likeness (QED) is 0.167. The molecule has 1 saturated heterocycles. The topological polar surface area (TPSA) is 158 Å². The number of aromatic nitrogens is 2. The Balaban J connectivity index is 1.22. The third-order valence-electron chi connectivity index (χ3n) is 7.97. The molecule has 2 heterocycles. The van der Waals surface area contributed by atoms with Gasteiger partial charge < -0.3 is 19.1 Å². The third kappa shape index (κ3) is 6.12. The van der Waals surface area contributed by atoms with Crippen LogP contribution in [-0.4, -0.2) is 45.5 Å². The van der Waals surface area contributed by atoms with Gasteiger partial charge in [0.15, 0.2) is 0 Å². The first kappa shape index (κ1) is 30.0. The van der Waals surface area contributed by atoms with Gasteiger partial charge in [-0.05, 0) is 36.8 Å². The van der Waals surface area contributed by atoms with E-state index in [0.717, 1.165) is 10.9 Å². The molecule has 4 aromatic rings. The summed E-state index contributed by atoms with van der Waals surface area (Å²) >= 11 is 0. The predicted octanol–water partition coefficient (Wildman–Crippen LogP) is 3.65. The van der Waals surface area contributed by atoms with Crippen molar-refractivity contribution in [2.75, 3.05) is 6.61 Å². The van der Waals surface area contributed by atoms with Crippen LogP contribution in [0.25, 0.3) is 10.8 Å². The minimum absolute atomic E-state index is 0.0245. The molecule has 13 heteroatoms. The van der Waals surface area contributed by atoms with Crippen LogP contribution in [0, 0.1) is 5.41 Å². The Kier molecular flexibility index (Phi) is 8.28. The number of aromatic amines is 1. The van der Waals surface area contributed by atoms with Gasteiger partial charge in [0.25, 0.3) is 5.56 Å². The number of nitrogens with zero attached hydrogens (tertiary/aromatic N) is 1. The summed E-state index contributed by atoms with van der Waals surface area (Å²) in [6.07, 6.45) is -0.450. The van der Waals surface area contributed by atoms with Gasteiger partial charge >= 0.3 is 19.4 Å². The third-order valence-corrected chi connectivity index (χ3v) is 9.60.